The molecule has 0 bridgehead atoms. The van der Waals surface area contributed by atoms with Gasteiger partial charge in [-0.3, -0.25) is 14.9 Å². The van der Waals surface area contributed by atoms with Crippen molar-refractivity contribution in [2.75, 3.05) is 0 Å². The van der Waals surface area contributed by atoms with Crippen LogP contribution in [0.3, 0.4) is 0 Å². The van der Waals surface area contributed by atoms with Crippen LogP contribution in [0.5, 0.6) is 0 Å². The van der Waals surface area contributed by atoms with Gasteiger partial charge in [0.1, 0.15) is 0 Å². The summed E-state index contributed by atoms with van der Waals surface area (Å²) in [6, 6.07) is 0. The van der Waals surface area contributed by atoms with Gasteiger partial charge in [0.05, 0.1) is 0 Å². The lowest BCUT2D eigenvalue weighted by atomic mass is 9.97. The molecule has 60 valence electrons. The van der Waals surface area contributed by atoms with Crippen LogP contribution in [0.4, 0.5) is 0 Å². The van der Waals surface area contributed by atoms with Crippen LogP contribution in [0.2, 0.25) is 0 Å². The van der Waals surface area contributed by atoms with Crippen molar-refractivity contribution < 1.29 is 14.7 Å². The van der Waals surface area contributed by atoms with Crippen molar-refractivity contribution in [2.24, 2.45) is 0 Å². The van der Waals surface area contributed by atoms with Gasteiger partial charge in [-0.25, -0.2) is 0 Å². The molecule has 0 radical (unpaired) electrons. The average Bonchev–Trinajstić information content (AvgIpc) is 1.98. The van der Waals surface area contributed by atoms with Crippen LogP contribution in [0.15, 0.2) is 12.2 Å². The second-order valence-corrected chi connectivity index (χ2v) is 2.43. The summed E-state index contributed by atoms with van der Waals surface area (Å²) >= 11 is 0. The van der Waals surface area contributed by atoms with E-state index in [1.165, 1.54) is 6.08 Å². The number of amides is 2. The van der Waals surface area contributed by atoms with Gasteiger partial charge in [-0.1, -0.05) is 6.92 Å². The second-order valence-electron chi connectivity index (χ2n) is 2.43. The van der Waals surface area contributed by atoms with Gasteiger partial charge in [0.2, 0.25) is 5.91 Å². The predicted molar refractivity (Wildman–Crippen MR) is 37.5 cm³/mol. The number of hydrogen-bond donors (Lipinski definition) is 2. The molecule has 1 atom stereocenters. The fourth-order valence-corrected chi connectivity index (χ4v) is 0.829. The molecule has 0 aliphatic carbocycles. The Labute approximate surface area is 63.9 Å². The number of aliphatic hydroxyl groups is 1. The number of carbonyl (C=O) groups excluding carboxylic acids is 2. The Kier molecular flexibility index (Phi) is 1.78. The first-order chi connectivity index (χ1) is 5.08. The zero-order chi connectivity index (χ0) is 8.48. The molecule has 1 aliphatic rings. The maximum atomic E-state index is 10.9. The van der Waals surface area contributed by atoms with E-state index in [1.807, 2.05) is 5.32 Å². The normalized spacial score (nSPS) is 30.4. The Balaban J connectivity index is 2.92. The maximum absolute atomic E-state index is 10.9. The lowest BCUT2D eigenvalue weighted by Crippen LogP contribution is -2.50. The van der Waals surface area contributed by atoms with Crippen LogP contribution in [0.25, 0.3) is 0 Å². The van der Waals surface area contributed by atoms with E-state index >= 15 is 0 Å². The van der Waals surface area contributed by atoms with Crippen molar-refractivity contribution in [1.29, 1.82) is 0 Å². The van der Waals surface area contributed by atoms with Crippen molar-refractivity contribution >= 4 is 11.8 Å². The summed E-state index contributed by atoms with van der Waals surface area (Å²) in [4.78, 5) is 21.5. The third kappa shape index (κ3) is 1.30. The molecular formula is C7H9NO3. The number of imide groups is 1. The average molecular weight is 155 g/mol. The van der Waals surface area contributed by atoms with Gasteiger partial charge < -0.3 is 5.11 Å². The van der Waals surface area contributed by atoms with Gasteiger partial charge in [0, 0.05) is 6.08 Å². The molecule has 1 heterocycles. The molecule has 0 spiro atoms. The number of rotatable bonds is 1. The largest absolute Gasteiger partial charge is 0.376 e. The summed E-state index contributed by atoms with van der Waals surface area (Å²) in [5, 5.41) is 11.4. The number of hydrogen-bond acceptors (Lipinski definition) is 3. The van der Waals surface area contributed by atoms with E-state index in [2.05, 4.69) is 0 Å². The molecule has 0 saturated heterocycles. The smallest absolute Gasteiger partial charge is 0.262 e. The molecule has 4 nitrogen and oxygen atoms in total. The Hall–Kier alpha value is -1.16. The molecule has 2 N–H and O–H groups in total. The lowest BCUT2D eigenvalue weighted by molar-refractivity contribution is -0.140. The van der Waals surface area contributed by atoms with E-state index in [1.54, 1.807) is 6.92 Å². The fraction of sp³-hybridized carbons (Fsp3) is 0.429. The van der Waals surface area contributed by atoms with Gasteiger partial charge in [0.25, 0.3) is 5.91 Å². The topological polar surface area (TPSA) is 66.4 Å². The van der Waals surface area contributed by atoms with Crippen molar-refractivity contribution in [1.82, 2.24) is 5.32 Å². The highest BCUT2D eigenvalue weighted by molar-refractivity contribution is 6.08. The summed E-state index contributed by atoms with van der Waals surface area (Å²) in [5.41, 5.74) is -1.49. The van der Waals surface area contributed by atoms with Crippen LogP contribution < -0.4 is 5.32 Å². The molecule has 2 amide bonds. The van der Waals surface area contributed by atoms with Crippen LogP contribution in [0.1, 0.15) is 13.3 Å². The van der Waals surface area contributed by atoms with Crippen LogP contribution >= 0.6 is 0 Å². The minimum atomic E-state index is -1.49. The highest BCUT2D eigenvalue weighted by atomic mass is 16.3. The Morgan fingerprint density at radius 1 is 1.64 bits per heavy atom. The fourth-order valence-electron chi connectivity index (χ4n) is 0.829. The summed E-state index contributed by atoms with van der Waals surface area (Å²) < 4.78 is 0. The zero-order valence-electron chi connectivity index (χ0n) is 6.13. The quantitative estimate of drug-likeness (QED) is 0.494. The van der Waals surface area contributed by atoms with Crippen molar-refractivity contribution in [2.45, 2.75) is 18.9 Å². The second kappa shape index (κ2) is 2.47. The van der Waals surface area contributed by atoms with Crippen LogP contribution in [-0.4, -0.2) is 22.5 Å². The van der Waals surface area contributed by atoms with Crippen LogP contribution in [-0.2, 0) is 9.59 Å². The first-order valence-corrected chi connectivity index (χ1v) is 3.35. The molecule has 11 heavy (non-hydrogen) atoms. The summed E-state index contributed by atoms with van der Waals surface area (Å²) in [6.07, 6.45) is 2.64. The van der Waals surface area contributed by atoms with Gasteiger partial charge in [-0.05, 0) is 12.5 Å². The molecule has 0 aromatic carbocycles. The van der Waals surface area contributed by atoms with Gasteiger partial charge in [0.15, 0.2) is 5.60 Å². The monoisotopic (exact) mass is 155 g/mol. The first kappa shape index (κ1) is 7.94. The Bertz CT molecular complexity index is 234. The van der Waals surface area contributed by atoms with Gasteiger partial charge in [-0.15, -0.1) is 0 Å². The van der Waals surface area contributed by atoms with E-state index in [0.717, 1.165) is 6.08 Å². The van der Waals surface area contributed by atoms with E-state index in [0.29, 0.717) is 0 Å². The predicted octanol–water partition coefficient (Wildman–Crippen LogP) is -0.660. The van der Waals surface area contributed by atoms with Crippen LogP contribution in [0, 0.1) is 0 Å². The standard InChI is InChI=1S/C7H9NO3/c1-2-7(11)4-3-5(9)8-6(7)10/h3-4,11H,2H2,1H3,(H,8,9,10)/t7-/m0/s1. The number of nitrogens with one attached hydrogen (secondary N) is 1. The van der Waals surface area contributed by atoms with E-state index in [9.17, 15) is 14.7 Å². The summed E-state index contributed by atoms with van der Waals surface area (Å²) in [5.74, 6) is -1.12. The van der Waals surface area contributed by atoms with Crippen molar-refractivity contribution in [3.05, 3.63) is 12.2 Å². The molecule has 0 aromatic heterocycles. The summed E-state index contributed by atoms with van der Waals surface area (Å²) in [7, 11) is 0. The third-order valence-electron chi connectivity index (χ3n) is 1.68. The Morgan fingerprint density at radius 3 is 2.73 bits per heavy atom. The molecule has 0 aromatic rings. The molecule has 4 heteroatoms. The van der Waals surface area contributed by atoms with E-state index in [-0.39, 0.29) is 6.42 Å². The lowest BCUT2D eigenvalue weighted by Gasteiger charge is -2.23. The minimum Gasteiger partial charge on any atom is -0.376 e. The minimum absolute atomic E-state index is 0.266. The molecule has 1 rings (SSSR count). The van der Waals surface area contributed by atoms with Crippen molar-refractivity contribution in [3.63, 3.8) is 0 Å². The maximum Gasteiger partial charge on any atom is 0.262 e. The molecule has 1 aliphatic heterocycles. The highest BCUT2D eigenvalue weighted by Crippen LogP contribution is 2.14. The zero-order valence-corrected chi connectivity index (χ0v) is 6.13. The molecular weight excluding hydrogens is 146 g/mol. The van der Waals surface area contributed by atoms with Gasteiger partial charge >= 0.3 is 0 Å². The third-order valence-corrected chi connectivity index (χ3v) is 1.68. The Morgan fingerprint density at radius 2 is 2.27 bits per heavy atom. The molecule has 0 fully saturated rings. The summed E-state index contributed by atoms with van der Waals surface area (Å²) in [6.45, 7) is 1.67. The first-order valence-electron chi connectivity index (χ1n) is 3.35. The molecule has 0 unspecified atom stereocenters. The van der Waals surface area contributed by atoms with Gasteiger partial charge in [-0.2, -0.15) is 0 Å². The molecule has 0 saturated carbocycles. The van der Waals surface area contributed by atoms with E-state index < -0.39 is 17.4 Å². The van der Waals surface area contributed by atoms with Crippen molar-refractivity contribution in [3.8, 4) is 0 Å². The van der Waals surface area contributed by atoms with E-state index in [4.69, 9.17) is 0 Å². The number of carbonyl (C=O) groups is 2. The highest BCUT2D eigenvalue weighted by Gasteiger charge is 2.34. The SMILES string of the molecule is CC[C@]1(O)C=CC(=O)NC1=O.